The summed E-state index contributed by atoms with van der Waals surface area (Å²) in [6.45, 7) is 5.59. The molecule has 0 unspecified atom stereocenters. The number of anilines is 1. The molecule has 0 bridgehead atoms. The van der Waals surface area contributed by atoms with Crippen LogP contribution >= 0.6 is 0 Å². The summed E-state index contributed by atoms with van der Waals surface area (Å²) in [5.41, 5.74) is 6.20. The standard InChI is InChI=1S/C14H23N5O/c1-17(2)14(20)12-3-4-13(16-11-12)19-9-7-18(6-5-15)8-10-19/h3-4,11H,5-10,15H2,1-2H3. The number of pyridine rings is 1. The van der Waals surface area contributed by atoms with Crippen LogP contribution < -0.4 is 10.6 Å². The third-order valence-electron chi connectivity index (χ3n) is 3.54. The average Bonchev–Trinajstić information content (AvgIpc) is 2.48. The first kappa shape index (κ1) is 14.7. The van der Waals surface area contributed by atoms with Gasteiger partial charge >= 0.3 is 0 Å². The highest BCUT2D eigenvalue weighted by Crippen LogP contribution is 2.14. The van der Waals surface area contributed by atoms with Crippen molar-refractivity contribution >= 4 is 11.7 Å². The average molecular weight is 277 g/mol. The fraction of sp³-hybridized carbons (Fsp3) is 0.571. The van der Waals surface area contributed by atoms with Crippen molar-refractivity contribution in [1.82, 2.24) is 14.8 Å². The van der Waals surface area contributed by atoms with Gasteiger partial charge in [0.15, 0.2) is 0 Å². The maximum absolute atomic E-state index is 11.8. The Balaban J connectivity index is 1.96. The van der Waals surface area contributed by atoms with Gasteiger partial charge in [-0.1, -0.05) is 0 Å². The largest absolute Gasteiger partial charge is 0.354 e. The Kier molecular flexibility index (Phi) is 4.92. The molecule has 2 rings (SSSR count). The summed E-state index contributed by atoms with van der Waals surface area (Å²) in [6, 6.07) is 3.77. The van der Waals surface area contributed by atoms with Crippen LogP contribution in [-0.4, -0.2) is 74.1 Å². The van der Waals surface area contributed by atoms with Gasteiger partial charge in [0.05, 0.1) is 5.56 Å². The molecular weight excluding hydrogens is 254 g/mol. The fourth-order valence-electron chi connectivity index (χ4n) is 2.34. The van der Waals surface area contributed by atoms with Crippen LogP contribution in [0.25, 0.3) is 0 Å². The lowest BCUT2D eigenvalue weighted by atomic mass is 10.2. The van der Waals surface area contributed by atoms with E-state index in [0.29, 0.717) is 12.1 Å². The molecule has 20 heavy (non-hydrogen) atoms. The lowest BCUT2D eigenvalue weighted by Crippen LogP contribution is -2.48. The summed E-state index contributed by atoms with van der Waals surface area (Å²) in [5, 5.41) is 0. The van der Waals surface area contributed by atoms with E-state index in [1.54, 1.807) is 25.2 Å². The number of piperazine rings is 1. The number of nitrogens with two attached hydrogens (primary N) is 1. The van der Waals surface area contributed by atoms with Gasteiger partial charge in [0.1, 0.15) is 5.82 Å². The van der Waals surface area contributed by atoms with E-state index in [4.69, 9.17) is 5.73 Å². The lowest BCUT2D eigenvalue weighted by Gasteiger charge is -2.35. The molecule has 6 heteroatoms. The summed E-state index contributed by atoms with van der Waals surface area (Å²) in [4.78, 5) is 22.4. The van der Waals surface area contributed by atoms with E-state index in [0.717, 1.165) is 38.5 Å². The molecule has 0 radical (unpaired) electrons. The van der Waals surface area contributed by atoms with Gasteiger partial charge < -0.3 is 15.5 Å². The van der Waals surface area contributed by atoms with Crippen LogP contribution in [0.5, 0.6) is 0 Å². The second-order valence-corrected chi connectivity index (χ2v) is 5.22. The van der Waals surface area contributed by atoms with Gasteiger partial charge in [0.25, 0.3) is 5.91 Å². The van der Waals surface area contributed by atoms with Crippen molar-refractivity contribution in [2.45, 2.75) is 0 Å². The third kappa shape index (κ3) is 3.46. The number of nitrogens with zero attached hydrogens (tertiary/aromatic N) is 4. The highest BCUT2D eigenvalue weighted by molar-refractivity contribution is 5.93. The van der Waals surface area contributed by atoms with Gasteiger partial charge in [-0.2, -0.15) is 0 Å². The van der Waals surface area contributed by atoms with Gasteiger partial charge in [-0.3, -0.25) is 9.69 Å². The zero-order valence-electron chi connectivity index (χ0n) is 12.2. The van der Waals surface area contributed by atoms with Crippen molar-refractivity contribution < 1.29 is 4.79 Å². The van der Waals surface area contributed by atoms with Crippen molar-refractivity contribution in [2.24, 2.45) is 5.73 Å². The monoisotopic (exact) mass is 277 g/mol. The van der Waals surface area contributed by atoms with E-state index < -0.39 is 0 Å². The Morgan fingerprint density at radius 1 is 1.30 bits per heavy atom. The summed E-state index contributed by atoms with van der Waals surface area (Å²) in [5.74, 6) is 0.921. The number of rotatable bonds is 4. The molecule has 0 saturated carbocycles. The van der Waals surface area contributed by atoms with Gasteiger partial charge in [0.2, 0.25) is 0 Å². The first-order valence-electron chi connectivity index (χ1n) is 6.97. The Hall–Kier alpha value is -1.66. The quantitative estimate of drug-likeness (QED) is 0.830. The topological polar surface area (TPSA) is 65.7 Å². The fourth-order valence-corrected chi connectivity index (χ4v) is 2.34. The van der Waals surface area contributed by atoms with Crippen molar-refractivity contribution in [1.29, 1.82) is 0 Å². The van der Waals surface area contributed by atoms with Crippen molar-refractivity contribution in [3.05, 3.63) is 23.9 Å². The maximum Gasteiger partial charge on any atom is 0.254 e. The minimum atomic E-state index is -0.0168. The van der Waals surface area contributed by atoms with Gasteiger partial charge in [-0.25, -0.2) is 4.98 Å². The second kappa shape index (κ2) is 6.67. The van der Waals surface area contributed by atoms with Crippen molar-refractivity contribution in [2.75, 3.05) is 58.3 Å². The van der Waals surface area contributed by atoms with Crippen LogP contribution in [0.2, 0.25) is 0 Å². The van der Waals surface area contributed by atoms with Crippen LogP contribution in [0.4, 0.5) is 5.82 Å². The maximum atomic E-state index is 11.8. The molecule has 1 fully saturated rings. The number of carbonyl (C=O) groups is 1. The van der Waals surface area contributed by atoms with E-state index >= 15 is 0 Å². The molecule has 1 saturated heterocycles. The van der Waals surface area contributed by atoms with E-state index in [1.165, 1.54) is 0 Å². The van der Waals surface area contributed by atoms with Gasteiger partial charge in [-0.05, 0) is 12.1 Å². The SMILES string of the molecule is CN(C)C(=O)c1ccc(N2CCN(CCN)CC2)nc1. The second-order valence-electron chi connectivity index (χ2n) is 5.22. The molecule has 1 aliphatic rings. The van der Waals surface area contributed by atoms with Crippen molar-refractivity contribution in [3.63, 3.8) is 0 Å². The molecule has 1 aromatic heterocycles. The summed E-state index contributed by atoms with van der Waals surface area (Å²) in [6.07, 6.45) is 1.66. The Labute approximate surface area is 120 Å². The first-order chi connectivity index (χ1) is 9.61. The van der Waals surface area contributed by atoms with Crippen LogP contribution in [-0.2, 0) is 0 Å². The van der Waals surface area contributed by atoms with E-state index in [-0.39, 0.29) is 5.91 Å². The van der Waals surface area contributed by atoms with Crippen molar-refractivity contribution in [3.8, 4) is 0 Å². The predicted molar refractivity (Wildman–Crippen MR) is 80.0 cm³/mol. The van der Waals surface area contributed by atoms with Crippen LogP contribution in [0, 0.1) is 0 Å². The third-order valence-corrected chi connectivity index (χ3v) is 3.54. The molecule has 1 aliphatic heterocycles. The molecule has 0 atom stereocenters. The zero-order chi connectivity index (χ0) is 14.5. The smallest absolute Gasteiger partial charge is 0.254 e. The van der Waals surface area contributed by atoms with Gasteiger partial charge in [-0.15, -0.1) is 0 Å². The zero-order valence-corrected chi connectivity index (χ0v) is 12.2. The Morgan fingerprint density at radius 3 is 2.50 bits per heavy atom. The number of amides is 1. The molecule has 1 aromatic rings. The Morgan fingerprint density at radius 2 is 2.00 bits per heavy atom. The molecule has 2 N–H and O–H groups in total. The number of hydrogen-bond acceptors (Lipinski definition) is 5. The van der Waals surface area contributed by atoms with Crippen LogP contribution in [0.3, 0.4) is 0 Å². The minimum absolute atomic E-state index is 0.0168. The van der Waals surface area contributed by atoms with E-state index in [2.05, 4.69) is 14.8 Å². The van der Waals surface area contributed by atoms with Gasteiger partial charge in [0, 0.05) is 59.6 Å². The number of aromatic nitrogens is 1. The normalized spacial score (nSPS) is 16.2. The molecule has 2 heterocycles. The first-order valence-corrected chi connectivity index (χ1v) is 6.97. The predicted octanol–water partition coefficient (Wildman–Crippen LogP) is -0.136. The van der Waals surface area contributed by atoms with Crippen LogP contribution in [0.1, 0.15) is 10.4 Å². The summed E-state index contributed by atoms with van der Waals surface area (Å²) in [7, 11) is 3.49. The van der Waals surface area contributed by atoms with E-state index in [9.17, 15) is 4.79 Å². The molecular formula is C14H23N5O. The number of hydrogen-bond donors (Lipinski definition) is 1. The Bertz CT molecular complexity index is 437. The molecule has 0 spiro atoms. The minimum Gasteiger partial charge on any atom is -0.354 e. The lowest BCUT2D eigenvalue weighted by molar-refractivity contribution is 0.0827. The summed E-state index contributed by atoms with van der Waals surface area (Å²) < 4.78 is 0. The molecule has 0 aromatic carbocycles. The molecule has 6 nitrogen and oxygen atoms in total. The van der Waals surface area contributed by atoms with E-state index in [1.807, 2.05) is 12.1 Å². The molecule has 1 amide bonds. The number of carbonyl (C=O) groups excluding carboxylic acids is 1. The highest BCUT2D eigenvalue weighted by atomic mass is 16.2. The molecule has 0 aliphatic carbocycles. The van der Waals surface area contributed by atoms with Crippen LogP contribution in [0.15, 0.2) is 18.3 Å². The summed E-state index contributed by atoms with van der Waals surface area (Å²) >= 11 is 0. The molecule has 110 valence electrons. The highest BCUT2D eigenvalue weighted by Gasteiger charge is 2.17.